The minimum Gasteiger partial charge on any atom is -0.493 e. The molecule has 100 valence electrons. The molecule has 0 saturated heterocycles. The van der Waals surface area contributed by atoms with E-state index in [4.69, 9.17) is 19.9 Å². The van der Waals surface area contributed by atoms with Crippen molar-refractivity contribution in [2.45, 2.75) is 25.7 Å². The van der Waals surface area contributed by atoms with Crippen LogP contribution >= 0.6 is 0 Å². The van der Waals surface area contributed by atoms with Gasteiger partial charge in [0.15, 0.2) is 11.5 Å². The molecule has 0 aliphatic heterocycles. The first kappa shape index (κ1) is 12.9. The maximum absolute atomic E-state index is 5.94. The van der Waals surface area contributed by atoms with E-state index in [2.05, 4.69) is 0 Å². The van der Waals surface area contributed by atoms with Gasteiger partial charge in [-0.2, -0.15) is 0 Å². The molecule has 4 nitrogen and oxygen atoms in total. The average molecular weight is 251 g/mol. The van der Waals surface area contributed by atoms with E-state index in [1.165, 1.54) is 25.7 Å². The van der Waals surface area contributed by atoms with Crippen molar-refractivity contribution in [2.75, 3.05) is 26.6 Å². The van der Waals surface area contributed by atoms with Crippen molar-refractivity contribution in [1.82, 2.24) is 0 Å². The number of methoxy groups -OCH3 is 2. The molecule has 0 unspecified atom stereocenters. The Labute approximate surface area is 108 Å². The van der Waals surface area contributed by atoms with Gasteiger partial charge >= 0.3 is 0 Å². The summed E-state index contributed by atoms with van der Waals surface area (Å²) >= 11 is 0. The summed E-state index contributed by atoms with van der Waals surface area (Å²) in [6, 6.07) is 3.53. The standard InChI is InChI=1S/C14H21NO3/c1-16-13-7-11(15)12(8-14(13)17-2)18-9-10-5-3-4-6-10/h7-8,10H,3-6,9,15H2,1-2H3. The number of nitrogen functional groups attached to an aromatic ring is 1. The van der Waals surface area contributed by atoms with Crippen molar-refractivity contribution in [1.29, 1.82) is 0 Å². The van der Waals surface area contributed by atoms with Crippen LogP contribution in [0.1, 0.15) is 25.7 Å². The van der Waals surface area contributed by atoms with Gasteiger partial charge in [-0.05, 0) is 18.8 Å². The normalized spacial score (nSPS) is 15.7. The summed E-state index contributed by atoms with van der Waals surface area (Å²) in [5.41, 5.74) is 6.53. The highest BCUT2D eigenvalue weighted by molar-refractivity contribution is 5.61. The number of benzene rings is 1. The van der Waals surface area contributed by atoms with Crippen LogP contribution < -0.4 is 19.9 Å². The van der Waals surface area contributed by atoms with Gasteiger partial charge in [0.2, 0.25) is 0 Å². The number of hydrogen-bond donors (Lipinski definition) is 1. The highest BCUT2D eigenvalue weighted by atomic mass is 16.5. The summed E-state index contributed by atoms with van der Waals surface area (Å²) in [6.45, 7) is 0.736. The number of hydrogen-bond acceptors (Lipinski definition) is 4. The first-order valence-corrected chi connectivity index (χ1v) is 6.39. The van der Waals surface area contributed by atoms with Gasteiger partial charge in [0.25, 0.3) is 0 Å². The quantitative estimate of drug-likeness (QED) is 0.818. The maximum atomic E-state index is 5.94. The molecule has 0 aromatic heterocycles. The number of ether oxygens (including phenoxy) is 3. The molecule has 1 aliphatic rings. The van der Waals surface area contributed by atoms with Crippen LogP contribution in [0.5, 0.6) is 17.2 Å². The summed E-state index contributed by atoms with van der Waals surface area (Å²) in [4.78, 5) is 0. The molecule has 0 spiro atoms. The predicted octanol–water partition coefficient (Wildman–Crippen LogP) is 2.86. The Morgan fingerprint density at radius 2 is 1.67 bits per heavy atom. The average Bonchev–Trinajstić information content (AvgIpc) is 2.90. The molecule has 0 bridgehead atoms. The van der Waals surface area contributed by atoms with E-state index >= 15 is 0 Å². The molecule has 2 N–H and O–H groups in total. The zero-order valence-corrected chi connectivity index (χ0v) is 11.1. The van der Waals surface area contributed by atoms with Crippen LogP contribution in [0.2, 0.25) is 0 Å². The zero-order chi connectivity index (χ0) is 13.0. The second-order valence-corrected chi connectivity index (χ2v) is 4.71. The van der Waals surface area contributed by atoms with Gasteiger partial charge in [-0.15, -0.1) is 0 Å². The first-order valence-electron chi connectivity index (χ1n) is 6.39. The molecule has 0 atom stereocenters. The lowest BCUT2D eigenvalue weighted by Gasteiger charge is -2.15. The summed E-state index contributed by atoms with van der Waals surface area (Å²) < 4.78 is 16.2. The largest absolute Gasteiger partial charge is 0.493 e. The zero-order valence-electron chi connectivity index (χ0n) is 11.1. The topological polar surface area (TPSA) is 53.7 Å². The lowest BCUT2D eigenvalue weighted by molar-refractivity contribution is 0.251. The van der Waals surface area contributed by atoms with Crippen LogP contribution in [0.25, 0.3) is 0 Å². The molecule has 1 aliphatic carbocycles. The van der Waals surface area contributed by atoms with Gasteiger partial charge in [0, 0.05) is 12.1 Å². The van der Waals surface area contributed by atoms with Crippen molar-refractivity contribution < 1.29 is 14.2 Å². The van der Waals surface area contributed by atoms with Crippen molar-refractivity contribution in [3.63, 3.8) is 0 Å². The first-order chi connectivity index (χ1) is 8.74. The predicted molar refractivity (Wildman–Crippen MR) is 71.4 cm³/mol. The van der Waals surface area contributed by atoms with E-state index in [1.807, 2.05) is 0 Å². The lowest BCUT2D eigenvalue weighted by atomic mass is 10.1. The SMILES string of the molecule is COc1cc(N)c(OCC2CCCC2)cc1OC. The Balaban J connectivity index is 2.06. The van der Waals surface area contributed by atoms with Crippen LogP contribution in [-0.4, -0.2) is 20.8 Å². The Bertz CT molecular complexity index is 400. The van der Waals surface area contributed by atoms with E-state index in [9.17, 15) is 0 Å². The molecule has 2 rings (SSSR count). The van der Waals surface area contributed by atoms with Crippen molar-refractivity contribution in [2.24, 2.45) is 5.92 Å². The molecule has 0 heterocycles. The molecule has 0 amide bonds. The van der Waals surface area contributed by atoms with Crippen molar-refractivity contribution >= 4 is 5.69 Å². The van der Waals surface area contributed by atoms with Gasteiger partial charge in [-0.1, -0.05) is 12.8 Å². The number of rotatable bonds is 5. The summed E-state index contributed by atoms with van der Waals surface area (Å²) in [5, 5.41) is 0. The van der Waals surface area contributed by atoms with Gasteiger partial charge in [0.05, 0.1) is 26.5 Å². The molecular weight excluding hydrogens is 230 g/mol. The molecule has 1 aromatic rings. The fourth-order valence-corrected chi connectivity index (χ4v) is 2.39. The maximum Gasteiger partial charge on any atom is 0.164 e. The highest BCUT2D eigenvalue weighted by Crippen LogP contribution is 2.37. The summed E-state index contributed by atoms with van der Waals surface area (Å²) in [7, 11) is 3.20. The fourth-order valence-electron chi connectivity index (χ4n) is 2.39. The third-order valence-electron chi connectivity index (χ3n) is 3.47. The van der Waals surface area contributed by atoms with Gasteiger partial charge < -0.3 is 19.9 Å². The Kier molecular flexibility index (Phi) is 4.18. The fraction of sp³-hybridized carbons (Fsp3) is 0.571. The van der Waals surface area contributed by atoms with Crippen molar-refractivity contribution in [3.8, 4) is 17.2 Å². The van der Waals surface area contributed by atoms with E-state index in [0.717, 1.165) is 6.61 Å². The Morgan fingerprint density at radius 3 is 2.28 bits per heavy atom. The molecule has 1 saturated carbocycles. The van der Waals surface area contributed by atoms with Crippen molar-refractivity contribution in [3.05, 3.63) is 12.1 Å². The van der Waals surface area contributed by atoms with Crippen LogP contribution in [0.4, 0.5) is 5.69 Å². The molecule has 4 heteroatoms. The van der Waals surface area contributed by atoms with Crippen LogP contribution in [-0.2, 0) is 0 Å². The monoisotopic (exact) mass is 251 g/mol. The van der Waals surface area contributed by atoms with Gasteiger partial charge in [0.1, 0.15) is 5.75 Å². The van der Waals surface area contributed by atoms with E-state index in [1.54, 1.807) is 26.4 Å². The van der Waals surface area contributed by atoms with Crippen LogP contribution in [0, 0.1) is 5.92 Å². The minimum absolute atomic E-state index is 0.589. The Morgan fingerprint density at radius 1 is 1.06 bits per heavy atom. The number of anilines is 1. The summed E-state index contributed by atoms with van der Waals surface area (Å²) in [5.74, 6) is 2.62. The molecule has 0 radical (unpaired) electrons. The lowest BCUT2D eigenvalue weighted by Crippen LogP contribution is -2.09. The Hall–Kier alpha value is -1.58. The van der Waals surface area contributed by atoms with E-state index in [0.29, 0.717) is 28.9 Å². The second kappa shape index (κ2) is 5.85. The smallest absolute Gasteiger partial charge is 0.164 e. The minimum atomic E-state index is 0.589. The van der Waals surface area contributed by atoms with Gasteiger partial charge in [-0.25, -0.2) is 0 Å². The molecule has 1 fully saturated rings. The summed E-state index contributed by atoms with van der Waals surface area (Å²) in [6.07, 6.45) is 5.14. The third kappa shape index (κ3) is 2.81. The molecular formula is C14H21NO3. The third-order valence-corrected chi connectivity index (χ3v) is 3.47. The number of nitrogens with two attached hydrogens (primary N) is 1. The van der Waals surface area contributed by atoms with Crippen LogP contribution in [0.15, 0.2) is 12.1 Å². The highest BCUT2D eigenvalue weighted by Gasteiger charge is 2.17. The van der Waals surface area contributed by atoms with E-state index < -0.39 is 0 Å². The van der Waals surface area contributed by atoms with Crippen LogP contribution in [0.3, 0.4) is 0 Å². The molecule has 18 heavy (non-hydrogen) atoms. The molecule has 1 aromatic carbocycles. The van der Waals surface area contributed by atoms with E-state index in [-0.39, 0.29) is 0 Å². The van der Waals surface area contributed by atoms with Gasteiger partial charge in [-0.3, -0.25) is 0 Å². The second-order valence-electron chi connectivity index (χ2n) is 4.71.